The third kappa shape index (κ3) is 4.67. The molecule has 0 N–H and O–H groups in total. The molecule has 0 bridgehead atoms. The molecule has 1 aliphatic rings. The van der Waals surface area contributed by atoms with Crippen LogP contribution in [-0.4, -0.2) is 6.61 Å². The summed E-state index contributed by atoms with van der Waals surface area (Å²) in [5.41, 5.74) is 2.41. The molecule has 3 heteroatoms. The van der Waals surface area contributed by atoms with Crippen LogP contribution in [0.1, 0.15) is 29.3 Å². The molecule has 0 aromatic heterocycles. The number of benzene rings is 1. The van der Waals surface area contributed by atoms with E-state index in [1.807, 2.05) is 12.1 Å². The Morgan fingerprint density at radius 2 is 2.15 bits per heavy atom. The van der Waals surface area contributed by atoms with Gasteiger partial charge in [-0.25, -0.2) is 0 Å². The summed E-state index contributed by atoms with van der Waals surface area (Å²) in [4.78, 5) is 0. The van der Waals surface area contributed by atoms with Crippen molar-refractivity contribution in [2.75, 3.05) is 6.61 Å². The van der Waals surface area contributed by atoms with Crippen molar-refractivity contribution in [3.8, 4) is 5.75 Å². The Balaban J connectivity index is 2.02. The first kappa shape index (κ1) is 15.6. The maximum absolute atomic E-state index is 6.27. The zero-order valence-corrected chi connectivity index (χ0v) is 14.4. The fraction of sp³-hybridized carbons (Fsp3) is 0.294. The van der Waals surface area contributed by atoms with E-state index < -0.39 is 0 Å². The lowest BCUT2D eigenvalue weighted by Crippen LogP contribution is -2.01. The van der Waals surface area contributed by atoms with Gasteiger partial charge in [0.25, 0.3) is 0 Å². The lowest BCUT2D eigenvalue weighted by molar-refractivity contribution is 0.355. The highest BCUT2D eigenvalue weighted by Crippen LogP contribution is 2.31. The van der Waals surface area contributed by atoms with Gasteiger partial charge in [-0.05, 0) is 43.0 Å². The average molecular weight is 401 g/mol. The zero-order valence-electron chi connectivity index (χ0n) is 11.5. The molecular formula is C17H18ClIO. The van der Waals surface area contributed by atoms with Gasteiger partial charge >= 0.3 is 0 Å². The molecule has 0 aliphatic heterocycles. The highest BCUT2D eigenvalue weighted by Gasteiger charge is 2.07. The van der Waals surface area contributed by atoms with Crippen LogP contribution in [0, 0.1) is 0 Å². The molecule has 1 unspecified atom stereocenters. The topological polar surface area (TPSA) is 9.23 Å². The predicted octanol–water partition coefficient (Wildman–Crippen LogP) is 6.05. The van der Waals surface area contributed by atoms with Crippen LogP contribution >= 0.6 is 34.2 Å². The Labute approximate surface area is 139 Å². The summed E-state index contributed by atoms with van der Waals surface area (Å²) in [6, 6.07) is 6.02. The van der Waals surface area contributed by atoms with Crippen LogP contribution in [0.15, 0.2) is 54.2 Å². The number of halogens is 2. The van der Waals surface area contributed by atoms with Crippen molar-refractivity contribution in [2.24, 2.45) is 0 Å². The van der Waals surface area contributed by atoms with Crippen LogP contribution in [0.3, 0.4) is 0 Å². The molecule has 106 valence electrons. The second-order valence-corrected chi connectivity index (χ2v) is 7.01. The van der Waals surface area contributed by atoms with Crippen molar-refractivity contribution < 1.29 is 4.74 Å². The number of allylic oxidation sites excluding steroid dienone is 4. The van der Waals surface area contributed by atoms with Crippen LogP contribution in [-0.2, 0) is 0 Å². The van der Waals surface area contributed by atoms with Gasteiger partial charge in [0, 0.05) is 3.92 Å². The van der Waals surface area contributed by atoms with E-state index in [0.29, 0.717) is 15.6 Å². The van der Waals surface area contributed by atoms with Crippen LogP contribution in [0.4, 0.5) is 0 Å². The summed E-state index contributed by atoms with van der Waals surface area (Å²) in [5.74, 6) is 0.749. The Bertz CT molecular complexity index is 544. The monoisotopic (exact) mass is 400 g/mol. The molecule has 0 heterocycles. The van der Waals surface area contributed by atoms with Gasteiger partial charge in [-0.1, -0.05) is 70.6 Å². The summed E-state index contributed by atoms with van der Waals surface area (Å²) < 4.78 is 6.28. The quantitative estimate of drug-likeness (QED) is 0.442. The number of hydrogen-bond donors (Lipinski definition) is 0. The van der Waals surface area contributed by atoms with E-state index in [1.54, 1.807) is 0 Å². The molecule has 0 radical (unpaired) electrons. The van der Waals surface area contributed by atoms with Crippen LogP contribution in [0.25, 0.3) is 0 Å². The fourth-order valence-corrected chi connectivity index (χ4v) is 2.57. The normalized spacial score (nSPS) is 22.1. The number of ether oxygens (including phenoxy) is 1. The highest BCUT2D eigenvalue weighted by atomic mass is 127. The fourth-order valence-electron chi connectivity index (χ4n) is 1.94. The van der Waals surface area contributed by atoms with E-state index in [0.717, 1.165) is 18.6 Å². The second kappa shape index (κ2) is 7.89. The van der Waals surface area contributed by atoms with Crippen LogP contribution < -0.4 is 4.74 Å². The molecule has 2 rings (SSSR count). The molecule has 1 aliphatic carbocycles. The van der Waals surface area contributed by atoms with E-state index in [2.05, 4.69) is 66.0 Å². The Morgan fingerprint density at radius 3 is 2.90 bits per heavy atom. The lowest BCUT2D eigenvalue weighted by Gasteiger charge is -2.11. The van der Waals surface area contributed by atoms with Crippen molar-refractivity contribution >= 4 is 34.2 Å². The van der Waals surface area contributed by atoms with E-state index in [-0.39, 0.29) is 0 Å². The second-order valence-electron chi connectivity index (χ2n) is 4.74. The van der Waals surface area contributed by atoms with Crippen molar-refractivity contribution in [3.05, 3.63) is 64.7 Å². The van der Waals surface area contributed by atoms with Gasteiger partial charge in [-0.3, -0.25) is 0 Å². The van der Waals surface area contributed by atoms with Gasteiger partial charge in [0.05, 0.1) is 5.02 Å². The molecule has 0 fully saturated rings. The number of rotatable bonds is 4. The van der Waals surface area contributed by atoms with Gasteiger partial charge in [0.15, 0.2) is 0 Å². The summed E-state index contributed by atoms with van der Waals surface area (Å²) >= 11 is 8.65. The van der Waals surface area contributed by atoms with E-state index >= 15 is 0 Å². The van der Waals surface area contributed by atoms with Crippen molar-refractivity contribution in [1.29, 1.82) is 0 Å². The molecule has 1 atom stereocenters. The molecular weight excluding hydrogens is 383 g/mol. The zero-order chi connectivity index (χ0) is 14.4. The third-order valence-corrected chi connectivity index (χ3v) is 4.12. The van der Waals surface area contributed by atoms with E-state index in [4.69, 9.17) is 16.3 Å². The summed E-state index contributed by atoms with van der Waals surface area (Å²) in [6.45, 7) is 2.70. The molecule has 1 nitrogen and oxygen atoms in total. The third-order valence-electron chi connectivity index (χ3n) is 3.11. The molecule has 1 aromatic rings. The molecule has 1 aromatic carbocycles. The predicted molar refractivity (Wildman–Crippen MR) is 95.0 cm³/mol. The van der Waals surface area contributed by atoms with Crippen molar-refractivity contribution in [1.82, 2.24) is 0 Å². The highest BCUT2D eigenvalue weighted by molar-refractivity contribution is 14.1. The smallest absolute Gasteiger partial charge is 0.138 e. The largest absolute Gasteiger partial charge is 0.487 e. The minimum absolute atomic E-state index is 0.446. The van der Waals surface area contributed by atoms with Crippen LogP contribution in [0.5, 0.6) is 5.75 Å². The standard InChI is InChI=1S/C17H18ClIO/c1-13(19)15-9-10-17(16(18)11-15)20-12-14-7-5-3-2-4-6-8-14/h2-3,5,7-11,13H,4,6,12H2,1H3/b3-2+,7-5-,14-8+. The van der Waals surface area contributed by atoms with Crippen LogP contribution in [0.2, 0.25) is 5.02 Å². The molecule has 0 saturated heterocycles. The summed E-state index contributed by atoms with van der Waals surface area (Å²) in [5, 5.41) is 0.682. The first-order valence-corrected chi connectivity index (χ1v) is 8.38. The first-order valence-electron chi connectivity index (χ1n) is 6.75. The number of alkyl halides is 1. The first-order chi connectivity index (χ1) is 9.66. The van der Waals surface area contributed by atoms with E-state index in [1.165, 1.54) is 11.1 Å². The summed E-state index contributed by atoms with van der Waals surface area (Å²) in [7, 11) is 0. The van der Waals surface area contributed by atoms with Gasteiger partial charge in [-0.15, -0.1) is 0 Å². The van der Waals surface area contributed by atoms with Gasteiger partial charge in [0.2, 0.25) is 0 Å². The van der Waals surface area contributed by atoms with Crippen molar-refractivity contribution in [3.63, 3.8) is 0 Å². The Hall–Kier alpha value is -0.740. The van der Waals surface area contributed by atoms with Crippen molar-refractivity contribution in [2.45, 2.75) is 23.7 Å². The maximum atomic E-state index is 6.27. The van der Waals surface area contributed by atoms with Gasteiger partial charge < -0.3 is 4.74 Å². The molecule has 20 heavy (non-hydrogen) atoms. The Kier molecular flexibility index (Phi) is 6.17. The number of hydrogen-bond acceptors (Lipinski definition) is 1. The minimum Gasteiger partial charge on any atom is -0.487 e. The van der Waals surface area contributed by atoms with Gasteiger partial charge in [0.1, 0.15) is 12.4 Å². The summed E-state index contributed by atoms with van der Waals surface area (Å²) in [6.07, 6.45) is 12.7. The Morgan fingerprint density at radius 1 is 1.30 bits per heavy atom. The maximum Gasteiger partial charge on any atom is 0.138 e. The minimum atomic E-state index is 0.446. The average Bonchev–Trinajstić information content (AvgIpc) is 2.38. The SMILES string of the molecule is CC(I)c1ccc(OCC2=C/CC/C=C/C=C\2)c(Cl)c1. The molecule has 0 spiro atoms. The van der Waals surface area contributed by atoms with Gasteiger partial charge in [-0.2, -0.15) is 0 Å². The molecule has 0 amide bonds. The van der Waals surface area contributed by atoms with E-state index in [9.17, 15) is 0 Å². The molecule has 0 saturated carbocycles. The lowest BCUT2D eigenvalue weighted by atomic mass is 10.1.